The Balaban J connectivity index is 1.65. The second-order valence-electron chi connectivity index (χ2n) is 6.63. The number of anilines is 2. The van der Waals surface area contributed by atoms with Crippen LogP contribution in [0.1, 0.15) is 0 Å². The van der Waals surface area contributed by atoms with E-state index >= 15 is 0 Å². The number of aromatic nitrogens is 4. The molecule has 4 heterocycles. The number of pyridine rings is 1. The van der Waals surface area contributed by atoms with Gasteiger partial charge in [-0.15, -0.1) is 0 Å². The number of rotatable bonds is 3. The summed E-state index contributed by atoms with van der Waals surface area (Å²) in [6.45, 7) is 2.82. The molecule has 1 aliphatic heterocycles. The number of oxazole rings is 1. The summed E-state index contributed by atoms with van der Waals surface area (Å²) in [5, 5.41) is 0.710. The van der Waals surface area contributed by atoms with Gasteiger partial charge in [0, 0.05) is 17.6 Å². The Labute approximate surface area is 174 Å². The van der Waals surface area contributed by atoms with Gasteiger partial charge in [-0.1, -0.05) is 28.1 Å². The van der Waals surface area contributed by atoms with E-state index in [1.54, 1.807) is 6.20 Å². The smallest absolute Gasteiger partial charge is 0.297 e. The second kappa shape index (κ2) is 7.41. The molecule has 29 heavy (non-hydrogen) atoms. The lowest BCUT2D eigenvalue weighted by Crippen LogP contribution is -2.36. The topological polar surface area (TPSA) is 103 Å². The van der Waals surface area contributed by atoms with Crippen LogP contribution in [0.5, 0.6) is 0 Å². The number of nitrogens with zero attached hydrogens (tertiary/aromatic N) is 5. The predicted molar refractivity (Wildman–Crippen MR) is 113 cm³/mol. The lowest BCUT2D eigenvalue weighted by atomic mass is 10.0. The van der Waals surface area contributed by atoms with Crippen molar-refractivity contribution in [3.63, 3.8) is 0 Å². The molecule has 0 radical (unpaired) electrons. The average Bonchev–Trinajstić information content (AvgIpc) is 3.24. The fourth-order valence-corrected chi connectivity index (χ4v) is 3.78. The Bertz CT molecular complexity index is 1190. The van der Waals surface area contributed by atoms with Crippen molar-refractivity contribution in [1.82, 2.24) is 19.9 Å². The molecule has 3 aromatic heterocycles. The third-order valence-corrected chi connectivity index (χ3v) is 5.29. The quantitative estimate of drug-likeness (QED) is 0.503. The maximum atomic E-state index is 6.17. The van der Waals surface area contributed by atoms with Crippen molar-refractivity contribution in [2.45, 2.75) is 0 Å². The molecule has 0 unspecified atom stereocenters. The first-order valence-electron chi connectivity index (χ1n) is 9.15. The Kier molecular flexibility index (Phi) is 4.61. The third-order valence-electron chi connectivity index (χ3n) is 4.80. The van der Waals surface area contributed by atoms with Gasteiger partial charge in [0.2, 0.25) is 0 Å². The van der Waals surface area contributed by atoms with Crippen LogP contribution in [0.3, 0.4) is 0 Å². The Morgan fingerprint density at radius 3 is 2.76 bits per heavy atom. The van der Waals surface area contributed by atoms with Crippen LogP contribution in [-0.2, 0) is 4.74 Å². The first-order valence-corrected chi connectivity index (χ1v) is 9.94. The highest BCUT2D eigenvalue weighted by Crippen LogP contribution is 2.35. The van der Waals surface area contributed by atoms with Gasteiger partial charge >= 0.3 is 0 Å². The number of nitrogens with two attached hydrogens (primary N) is 1. The van der Waals surface area contributed by atoms with Gasteiger partial charge in [0.15, 0.2) is 11.4 Å². The number of hydrogen-bond acceptors (Lipinski definition) is 8. The number of halogens is 1. The van der Waals surface area contributed by atoms with Gasteiger partial charge < -0.3 is 19.8 Å². The van der Waals surface area contributed by atoms with Gasteiger partial charge in [-0.3, -0.25) is 0 Å². The summed E-state index contributed by atoms with van der Waals surface area (Å²) >= 11 is 3.53. The zero-order valence-electron chi connectivity index (χ0n) is 15.4. The van der Waals surface area contributed by atoms with Crippen molar-refractivity contribution in [2.24, 2.45) is 0 Å². The predicted octanol–water partition coefficient (Wildman–Crippen LogP) is 3.53. The maximum absolute atomic E-state index is 6.17. The summed E-state index contributed by atoms with van der Waals surface area (Å²) in [5.74, 6) is 0.956. The summed E-state index contributed by atoms with van der Waals surface area (Å²) < 4.78 is 12.4. The van der Waals surface area contributed by atoms with E-state index < -0.39 is 0 Å². The average molecular weight is 453 g/mol. The molecular formula is C20H17BrN6O2. The fraction of sp³-hybridized carbons (Fsp3) is 0.200. The van der Waals surface area contributed by atoms with E-state index in [1.807, 2.05) is 30.3 Å². The molecule has 1 aromatic carbocycles. The minimum absolute atomic E-state index is 0.385. The van der Waals surface area contributed by atoms with Crippen LogP contribution < -0.4 is 10.6 Å². The monoisotopic (exact) mass is 452 g/mol. The van der Waals surface area contributed by atoms with Crippen LogP contribution in [0.15, 0.2) is 51.7 Å². The minimum Gasteiger partial charge on any atom is -0.422 e. The summed E-state index contributed by atoms with van der Waals surface area (Å²) in [6, 6.07) is 10.5. The first kappa shape index (κ1) is 18.0. The van der Waals surface area contributed by atoms with Crippen molar-refractivity contribution in [1.29, 1.82) is 0 Å². The van der Waals surface area contributed by atoms with Crippen LogP contribution in [0.2, 0.25) is 0 Å². The molecule has 1 fully saturated rings. The van der Waals surface area contributed by atoms with Gasteiger partial charge in [-0.2, -0.15) is 0 Å². The largest absolute Gasteiger partial charge is 0.422 e. The van der Waals surface area contributed by atoms with Crippen molar-refractivity contribution in [2.75, 3.05) is 36.9 Å². The minimum atomic E-state index is 0.385. The van der Waals surface area contributed by atoms with Gasteiger partial charge in [0.25, 0.3) is 6.01 Å². The lowest BCUT2D eigenvalue weighted by Gasteiger charge is -2.24. The molecule has 1 saturated heterocycles. The summed E-state index contributed by atoms with van der Waals surface area (Å²) in [4.78, 5) is 19.6. The van der Waals surface area contributed by atoms with Crippen molar-refractivity contribution >= 4 is 38.8 Å². The highest BCUT2D eigenvalue weighted by molar-refractivity contribution is 9.10. The number of ether oxygens (including phenoxy) is 1. The molecule has 2 N–H and O–H groups in total. The lowest BCUT2D eigenvalue weighted by molar-refractivity contribution is 0.120. The van der Waals surface area contributed by atoms with Crippen LogP contribution in [0, 0.1) is 0 Å². The Hall–Kier alpha value is -3.04. The van der Waals surface area contributed by atoms with Crippen LogP contribution in [-0.4, -0.2) is 46.2 Å². The molecule has 146 valence electrons. The van der Waals surface area contributed by atoms with Crippen molar-refractivity contribution in [3.05, 3.63) is 47.3 Å². The van der Waals surface area contributed by atoms with Gasteiger partial charge in [-0.05, 0) is 29.3 Å². The normalized spacial score (nSPS) is 14.4. The molecule has 4 aromatic rings. The molecule has 0 amide bonds. The maximum Gasteiger partial charge on any atom is 0.297 e. The van der Waals surface area contributed by atoms with E-state index in [4.69, 9.17) is 14.9 Å². The van der Waals surface area contributed by atoms with E-state index in [0.717, 1.165) is 28.7 Å². The van der Waals surface area contributed by atoms with Gasteiger partial charge in [0.1, 0.15) is 17.8 Å². The molecule has 0 spiro atoms. The van der Waals surface area contributed by atoms with Crippen LogP contribution in [0.4, 0.5) is 11.8 Å². The fourth-order valence-electron chi connectivity index (χ4n) is 3.38. The summed E-state index contributed by atoms with van der Waals surface area (Å²) in [5.41, 5.74) is 9.17. The number of fused-ring (bicyclic) bond motifs is 1. The highest BCUT2D eigenvalue weighted by atomic mass is 79.9. The number of nitrogen functional groups attached to an aromatic ring is 1. The summed E-state index contributed by atoms with van der Waals surface area (Å²) in [6.07, 6.45) is 3.10. The van der Waals surface area contributed by atoms with Crippen LogP contribution in [0.25, 0.3) is 33.6 Å². The highest BCUT2D eigenvalue weighted by Gasteiger charge is 2.19. The zero-order valence-corrected chi connectivity index (χ0v) is 17.0. The van der Waals surface area contributed by atoms with Gasteiger partial charge in [-0.25, -0.2) is 19.9 Å². The number of benzene rings is 1. The third kappa shape index (κ3) is 3.43. The molecule has 0 saturated carbocycles. The molecule has 1 aliphatic rings. The molecule has 0 atom stereocenters. The number of hydrogen-bond donors (Lipinski definition) is 1. The van der Waals surface area contributed by atoms with E-state index in [0.29, 0.717) is 47.5 Å². The van der Waals surface area contributed by atoms with Gasteiger partial charge in [0.05, 0.1) is 24.8 Å². The molecule has 0 aliphatic carbocycles. The van der Waals surface area contributed by atoms with Crippen molar-refractivity contribution in [3.8, 4) is 22.6 Å². The second-order valence-corrected chi connectivity index (χ2v) is 7.55. The molecule has 8 nitrogen and oxygen atoms in total. The SMILES string of the molecule is Nc1ncnc2nc(-c3cnc(N4CCOCC4)o3)cc(-c3cccc(Br)c3)c12. The first-order chi connectivity index (χ1) is 14.2. The molecule has 9 heteroatoms. The van der Waals surface area contributed by atoms with Crippen molar-refractivity contribution < 1.29 is 9.15 Å². The van der Waals surface area contributed by atoms with E-state index in [2.05, 4.69) is 40.8 Å². The van der Waals surface area contributed by atoms with E-state index in [9.17, 15) is 0 Å². The molecule has 0 bridgehead atoms. The molecular weight excluding hydrogens is 436 g/mol. The van der Waals surface area contributed by atoms with Crippen LogP contribution >= 0.6 is 15.9 Å². The van der Waals surface area contributed by atoms with E-state index in [-0.39, 0.29) is 0 Å². The Morgan fingerprint density at radius 2 is 1.93 bits per heavy atom. The van der Waals surface area contributed by atoms with E-state index in [1.165, 1.54) is 6.33 Å². The Morgan fingerprint density at radius 1 is 1.07 bits per heavy atom. The molecule has 5 rings (SSSR count). The summed E-state index contributed by atoms with van der Waals surface area (Å²) in [7, 11) is 0. The number of morpholine rings is 1. The standard InChI is InChI=1S/C20H17BrN6O2/c21-13-3-1-2-12(8-13)14-9-15(26-19-17(14)18(22)24-11-25-19)16-10-23-20(29-16)27-4-6-28-7-5-27/h1-3,8-11H,4-7H2,(H2,22,24,25,26). The zero-order chi connectivity index (χ0) is 19.8.